The molecule has 1 aliphatic rings. The van der Waals surface area contributed by atoms with Gasteiger partial charge in [-0.2, -0.15) is 0 Å². The maximum atomic E-state index is 12.4. The molecule has 1 atom stereocenters. The highest BCUT2D eigenvalue weighted by atomic mass is 35.5. The molecule has 0 saturated heterocycles. The van der Waals surface area contributed by atoms with Crippen LogP contribution >= 0.6 is 11.6 Å². The summed E-state index contributed by atoms with van der Waals surface area (Å²) >= 11 is 6.05. The number of anilines is 1. The topological polar surface area (TPSA) is 70.9 Å². The minimum Gasteiger partial charge on any atom is -0.326 e. The maximum Gasteiger partial charge on any atom is 0.275 e. The van der Waals surface area contributed by atoms with Crippen molar-refractivity contribution in [1.82, 2.24) is 0 Å². The number of hydrogen-bond acceptors (Lipinski definition) is 3. The average Bonchev–Trinajstić information content (AvgIpc) is 2.48. The summed E-state index contributed by atoms with van der Waals surface area (Å²) in [5, 5.41) is 4.38. The molecule has 0 spiro atoms. The molecule has 1 aliphatic heterocycles. The largest absolute Gasteiger partial charge is 0.326 e. The van der Waals surface area contributed by atoms with Gasteiger partial charge in [0, 0.05) is 23.2 Å². The first-order valence-corrected chi connectivity index (χ1v) is 7.46. The number of benzene rings is 2. The summed E-state index contributed by atoms with van der Waals surface area (Å²) in [4.78, 5) is 32.4. The van der Waals surface area contributed by atoms with Gasteiger partial charge in [-0.1, -0.05) is 17.7 Å². The maximum absolute atomic E-state index is 12.4. The summed E-state index contributed by atoms with van der Waals surface area (Å²) < 4.78 is 0. The van der Waals surface area contributed by atoms with Crippen molar-refractivity contribution < 1.29 is 9.59 Å². The Balaban J connectivity index is 2.15. The normalized spacial score (nSPS) is 16.1. The molecule has 2 aromatic carbocycles. The first kappa shape index (κ1) is 15.4. The number of nitrogens with one attached hydrogen (secondary N) is 1. The molecule has 2 aromatic rings. The van der Waals surface area contributed by atoms with E-state index in [1.54, 1.807) is 18.2 Å². The van der Waals surface area contributed by atoms with Crippen LogP contribution in [0.5, 0.6) is 0 Å². The second-order valence-electron chi connectivity index (χ2n) is 5.39. The van der Waals surface area contributed by atoms with Crippen molar-refractivity contribution in [2.24, 2.45) is 9.98 Å². The van der Waals surface area contributed by atoms with E-state index in [9.17, 15) is 9.59 Å². The Labute approximate surface area is 137 Å². The summed E-state index contributed by atoms with van der Waals surface area (Å²) in [6.45, 7) is 3.33. The molecule has 0 fully saturated rings. The number of carbonyl (C=O) groups excluding carboxylic acids is 2. The Morgan fingerprint density at radius 2 is 1.96 bits per heavy atom. The number of halogens is 1. The summed E-state index contributed by atoms with van der Waals surface area (Å²) in [6.07, 6.45) is 0. The molecule has 0 aliphatic carbocycles. The monoisotopic (exact) mass is 327 g/mol. The Morgan fingerprint density at radius 3 is 2.70 bits per heavy atom. The fourth-order valence-electron chi connectivity index (χ4n) is 2.47. The van der Waals surface area contributed by atoms with Gasteiger partial charge in [0.1, 0.15) is 0 Å². The van der Waals surface area contributed by atoms with Crippen molar-refractivity contribution >= 4 is 29.1 Å². The van der Waals surface area contributed by atoms with Gasteiger partial charge < -0.3 is 5.32 Å². The minimum absolute atomic E-state index is 0.232. The Morgan fingerprint density at radius 1 is 1.17 bits per heavy atom. The molecule has 2 amide bonds. The summed E-state index contributed by atoms with van der Waals surface area (Å²) in [7, 11) is 0. The number of amides is 2. The van der Waals surface area contributed by atoms with Crippen LogP contribution in [-0.4, -0.2) is 11.8 Å². The number of carbonyl (C=O) groups is 2. The van der Waals surface area contributed by atoms with Crippen LogP contribution in [0.2, 0.25) is 5.02 Å². The van der Waals surface area contributed by atoms with Crippen LogP contribution in [0, 0.1) is 6.92 Å². The molecule has 23 heavy (non-hydrogen) atoms. The summed E-state index contributed by atoms with van der Waals surface area (Å²) in [5.74, 6) is -0.609. The highest BCUT2D eigenvalue weighted by Crippen LogP contribution is 2.30. The summed E-state index contributed by atoms with van der Waals surface area (Å²) in [6, 6.07) is 9.69. The van der Waals surface area contributed by atoms with E-state index in [0.29, 0.717) is 27.0 Å². The lowest BCUT2D eigenvalue weighted by Crippen LogP contribution is -2.33. The van der Waals surface area contributed by atoms with Crippen LogP contribution in [-0.2, 0) is 9.59 Å². The predicted octanol–water partition coefficient (Wildman–Crippen LogP) is 2.13. The molecule has 1 unspecified atom stereocenters. The average molecular weight is 328 g/mol. The lowest BCUT2D eigenvalue weighted by atomic mass is 10.0. The SMILES string of the molecule is CC(=O)Nc1ccc(Cl)cc1C1N=c2ccc(C)cc2=NC1=O. The van der Waals surface area contributed by atoms with Crippen molar-refractivity contribution in [1.29, 1.82) is 0 Å². The van der Waals surface area contributed by atoms with Gasteiger partial charge in [-0.15, -0.1) is 0 Å². The fourth-order valence-corrected chi connectivity index (χ4v) is 2.65. The number of rotatable bonds is 2. The third-order valence-corrected chi connectivity index (χ3v) is 3.72. The lowest BCUT2D eigenvalue weighted by Gasteiger charge is -2.17. The Bertz CT molecular complexity index is 937. The minimum atomic E-state index is -0.814. The zero-order chi connectivity index (χ0) is 16.6. The first-order valence-electron chi connectivity index (χ1n) is 7.08. The van der Waals surface area contributed by atoms with Crippen LogP contribution < -0.4 is 16.0 Å². The zero-order valence-electron chi connectivity index (χ0n) is 12.6. The molecular weight excluding hydrogens is 314 g/mol. The third-order valence-electron chi connectivity index (χ3n) is 3.48. The second kappa shape index (κ2) is 5.93. The first-order chi connectivity index (χ1) is 10.9. The fraction of sp³-hybridized carbons (Fsp3) is 0.176. The molecule has 0 saturated carbocycles. The van der Waals surface area contributed by atoms with E-state index < -0.39 is 6.04 Å². The number of fused-ring (bicyclic) bond motifs is 1. The Kier molecular flexibility index (Phi) is 3.96. The van der Waals surface area contributed by atoms with E-state index in [0.717, 1.165) is 5.56 Å². The van der Waals surface area contributed by atoms with Gasteiger partial charge in [0.25, 0.3) is 5.91 Å². The number of aryl methyl sites for hydroxylation is 1. The Hall–Kier alpha value is -2.53. The van der Waals surface area contributed by atoms with Gasteiger partial charge in [-0.3, -0.25) is 14.6 Å². The molecule has 6 heteroatoms. The van der Waals surface area contributed by atoms with Crippen LogP contribution in [0.25, 0.3) is 0 Å². The molecule has 5 nitrogen and oxygen atoms in total. The zero-order valence-corrected chi connectivity index (χ0v) is 13.4. The van der Waals surface area contributed by atoms with Crippen molar-refractivity contribution in [2.45, 2.75) is 19.9 Å². The van der Waals surface area contributed by atoms with Crippen LogP contribution in [0.3, 0.4) is 0 Å². The van der Waals surface area contributed by atoms with Crippen LogP contribution in [0.4, 0.5) is 5.69 Å². The van der Waals surface area contributed by atoms with Gasteiger partial charge >= 0.3 is 0 Å². The molecule has 3 rings (SSSR count). The number of nitrogens with zero attached hydrogens (tertiary/aromatic N) is 2. The van der Waals surface area contributed by atoms with Gasteiger partial charge in [0.2, 0.25) is 5.91 Å². The van der Waals surface area contributed by atoms with Crippen LogP contribution in [0.15, 0.2) is 46.4 Å². The molecule has 0 bridgehead atoms. The van der Waals surface area contributed by atoms with E-state index in [-0.39, 0.29) is 11.8 Å². The van der Waals surface area contributed by atoms with Crippen molar-refractivity contribution in [2.75, 3.05) is 5.32 Å². The highest BCUT2D eigenvalue weighted by Gasteiger charge is 2.25. The summed E-state index contributed by atoms with van der Waals surface area (Å²) in [5.41, 5.74) is 2.05. The molecule has 0 radical (unpaired) electrons. The number of hydrogen-bond donors (Lipinski definition) is 1. The van der Waals surface area contributed by atoms with E-state index in [2.05, 4.69) is 15.3 Å². The highest BCUT2D eigenvalue weighted by molar-refractivity contribution is 6.30. The second-order valence-corrected chi connectivity index (χ2v) is 5.82. The molecule has 1 heterocycles. The lowest BCUT2D eigenvalue weighted by molar-refractivity contribution is -0.119. The van der Waals surface area contributed by atoms with Crippen molar-refractivity contribution in [3.8, 4) is 0 Å². The van der Waals surface area contributed by atoms with Gasteiger partial charge in [-0.25, -0.2) is 4.99 Å². The van der Waals surface area contributed by atoms with Crippen molar-refractivity contribution in [3.63, 3.8) is 0 Å². The van der Waals surface area contributed by atoms with E-state index in [1.807, 2.05) is 25.1 Å². The quantitative estimate of drug-likeness (QED) is 0.917. The van der Waals surface area contributed by atoms with Crippen molar-refractivity contribution in [3.05, 3.63) is 63.3 Å². The predicted molar refractivity (Wildman–Crippen MR) is 87.0 cm³/mol. The van der Waals surface area contributed by atoms with Gasteiger partial charge in [0.15, 0.2) is 6.04 Å². The molecule has 1 N–H and O–H groups in total. The molecule has 0 aromatic heterocycles. The smallest absolute Gasteiger partial charge is 0.275 e. The standard InChI is InChI=1S/C17H14ClN3O2/c1-9-3-5-14-15(7-9)21-17(23)16(20-14)12-8-11(18)4-6-13(12)19-10(2)22/h3-8,16H,1-2H3,(H,19,22). The van der Waals surface area contributed by atoms with E-state index in [1.165, 1.54) is 6.92 Å². The van der Waals surface area contributed by atoms with Gasteiger partial charge in [0.05, 0.1) is 10.7 Å². The molecule has 116 valence electrons. The van der Waals surface area contributed by atoms with Gasteiger partial charge in [-0.05, 0) is 42.8 Å². The molecular formula is C17H14ClN3O2. The van der Waals surface area contributed by atoms with E-state index >= 15 is 0 Å². The van der Waals surface area contributed by atoms with E-state index in [4.69, 9.17) is 11.6 Å². The van der Waals surface area contributed by atoms with Crippen LogP contribution in [0.1, 0.15) is 24.1 Å². The third kappa shape index (κ3) is 3.14.